The normalized spacial score (nSPS) is 12.5. The van der Waals surface area contributed by atoms with Gasteiger partial charge in [0.15, 0.2) is 0 Å². The summed E-state index contributed by atoms with van der Waals surface area (Å²) in [5.41, 5.74) is 5.11. The molecule has 0 aliphatic carbocycles. The Balaban J connectivity index is 2.45. The van der Waals surface area contributed by atoms with Crippen molar-refractivity contribution in [3.05, 3.63) is 30.1 Å². The monoisotopic (exact) mass is 240 g/mol. The van der Waals surface area contributed by atoms with E-state index in [9.17, 15) is 4.39 Å². The van der Waals surface area contributed by atoms with Crippen LogP contribution in [0, 0.1) is 11.2 Å². The molecule has 94 valence electrons. The van der Waals surface area contributed by atoms with Gasteiger partial charge in [-0.2, -0.15) is 0 Å². The molecular weight excluding hydrogens is 223 g/mol. The van der Waals surface area contributed by atoms with Crippen molar-refractivity contribution in [2.45, 2.75) is 20.3 Å². The average molecular weight is 240 g/mol. The Labute approximate surface area is 99.9 Å². The van der Waals surface area contributed by atoms with Crippen molar-refractivity contribution >= 4 is 5.84 Å². The van der Waals surface area contributed by atoms with Crippen molar-refractivity contribution in [1.82, 2.24) is 0 Å². The van der Waals surface area contributed by atoms with Crippen LogP contribution in [0.1, 0.15) is 20.3 Å². The van der Waals surface area contributed by atoms with Gasteiger partial charge in [0.25, 0.3) is 0 Å². The van der Waals surface area contributed by atoms with Crippen LogP contribution in [0.4, 0.5) is 4.39 Å². The zero-order chi connectivity index (χ0) is 12.9. The van der Waals surface area contributed by atoms with E-state index in [0.717, 1.165) is 0 Å². The number of hydrogen-bond donors (Lipinski definition) is 2. The minimum Gasteiger partial charge on any atom is -0.494 e. The van der Waals surface area contributed by atoms with Crippen LogP contribution < -0.4 is 10.5 Å². The molecule has 0 atom stereocenters. The Morgan fingerprint density at radius 1 is 1.41 bits per heavy atom. The Morgan fingerprint density at radius 2 is 2.00 bits per heavy atom. The number of ether oxygens (including phenoxy) is 1. The fourth-order valence-electron chi connectivity index (χ4n) is 1.22. The lowest BCUT2D eigenvalue weighted by atomic mass is 9.88. The minimum absolute atomic E-state index is 0.167. The summed E-state index contributed by atoms with van der Waals surface area (Å²) in [6, 6.07) is 5.80. The maximum Gasteiger partial charge on any atom is 0.144 e. The van der Waals surface area contributed by atoms with Crippen molar-refractivity contribution < 1.29 is 14.3 Å². The Morgan fingerprint density at radius 3 is 2.53 bits per heavy atom. The van der Waals surface area contributed by atoms with E-state index < -0.39 is 5.41 Å². The highest BCUT2D eigenvalue weighted by atomic mass is 19.1. The minimum atomic E-state index is -0.436. The van der Waals surface area contributed by atoms with E-state index in [1.54, 1.807) is 12.1 Å². The summed E-state index contributed by atoms with van der Waals surface area (Å²) in [7, 11) is 0. The number of amidine groups is 1. The molecule has 0 aliphatic heterocycles. The lowest BCUT2D eigenvalue weighted by molar-refractivity contribution is 0.259. The van der Waals surface area contributed by atoms with Gasteiger partial charge >= 0.3 is 0 Å². The third-order valence-corrected chi connectivity index (χ3v) is 2.61. The second-order valence-corrected chi connectivity index (χ2v) is 4.42. The standard InChI is InChI=1S/C12H17FN2O2/c1-12(2,11(14)15-16)7-8-17-10-5-3-9(13)4-6-10/h3-6,16H,7-8H2,1-2H3,(H2,14,15). The molecule has 0 saturated carbocycles. The van der Waals surface area contributed by atoms with Gasteiger partial charge in [-0.05, 0) is 30.7 Å². The largest absolute Gasteiger partial charge is 0.494 e. The predicted octanol–water partition coefficient (Wildman–Crippen LogP) is 2.37. The van der Waals surface area contributed by atoms with Gasteiger partial charge in [-0.3, -0.25) is 0 Å². The summed E-state index contributed by atoms with van der Waals surface area (Å²) in [5.74, 6) is 0.469. The molecule has 1 rings (SSSR count). The summed E-state index contributed by atoms with van der Waals surface area (Å²) in [6.07, 6.45) is 0.597. The summed E-state index contributed by atoms with van der Waals surface area (Å²) >= 11 is 0. The molecule has 1 aromatic rings. The SMILES string of the molecule is CC(C)(CCOc1ccc(F)cc1)C(N)=NO. The molecule has 0 aromatic heterocycles. The molecule has 0 bridgehead atoms. The van der Waals surface area contributed by atoms with Crippen molar-refractivity contribution in [3.63, 3.8) is 0 Å². The maximum absolute atomic E-state index is 12.6. The summed E-state index contributed by atoms with van der Waals surface area (Å²) in [4.78, 5) is 0. The van der Waals surface area contributed by atoms with E-state index in [2.05, 4.69) is 5.16 Å². The van der Waals surface area contributed by atoms with Crippen LogP contribution in [-0.2, 0) is 0 Å². The van der Waals surface area contributed by atoms with Crippen LogP contribution in [0.5, 0.6) is 5.75 Å². The second kappa shape index (κ2) is 5.52. The first-order chi connectivity index (χ1) is 7.95. The molecular formula is C12H17FN2O2. The van der Waals surface area contributed by atoms with Gasteiger partial charge in [0, 0.05) is 5.41 Å². The fraction of sp³-hybridized carbons (Fsp3) is 0.417. The topological polar surface area (TPSA) is 67.8 Å². The summed E-state index contributed by atoms with van der Waals surface area (Å²) in [5, 5.41) is 11.6. The van der Waals surface area contributed by atoms with Gasteiger partial charge in [0.2, 0.25) is 0 Å². The first kappa shape index (κ1) is 13.3. The van der Waals surface area contributed by atoms with E-state index in [-0.39, 0.29) is 11.7 Å². The zero-order valence-electron chi connectivity index (χ0n) is 9.98. The lowest BCUT2D eigenvalue weighted by Crippen LogP contribution is -2.33. The Hall–Kier alpha value is -1.78. The first-order valence-corrected chi connectivity index (χ1v) is 5.32. The molecule has 0 spiro atoms. The maximum atomic E-state index is 12.6. The molecule has 0 amide bonds. The van der Waals surface area contributed by atoms with Crippen LogP contribution >= 0.6 is 0 Å². The lowest BCUT2D eigenvalue weighted by Gasteiger charge is -2.22. The van der Waals surface area contributed by atoms with Crippen LogP contribution in [0.25, 0.3) is 0 Å². The third kappa shape index (κ3) is 3.94. The number of rotatable bonds is 5. The van der Waals surface area contributed by atoms with Crippen LogP contribution in [-0.4, -0.2) is 17.6 Å². The van der Waals surface area contributed by atoms with E-state index in [4.69, 9.17) is 15.7 Å². The van der Waals surface area contributed by atoms with Crippen molar-refractivity contribution in [3.8, 4) is 5.75 Å². The average Bonchev–Trinajstić information content (AvgIpc) is 2.30. The molecule has 5 heteroatoms. The quantitative estimate of drug-likeness (QED) is 0.359. The molecule has 0 heterocycles. The van der Waals surface area contributed by atoms with Gasteiger partial charge in [-0.25, -0.2) is 4.39 Å². The van der Waals surface area contributed by atoms with Crippen molar-refractivity contribution in [1.29, 1.82) is 0 Å². The second-order valence-electron chi connectivity index (χ2n) is 4.42. The number of nitrogens with zero attached hydrogens (tertiary/aromatic N) is 1. The molecule has 3 N–H and O–H groups in total. The van der Waals surface area contributed by atoms with E-state index in [1.807, 2.05) is 13.8 Å². The number of benzene rings is 1. The summed E-state index contributed by atoms with van der Waals surface area (Å²) < 4.78 is 18.1. The molecule has 0 fully saturated rings. The van der Waals surface area contributed by atoms with Gasteiger partial charge < -0.3 is 15.7 Å². The highest BCUT2D eigenvalue weighted by molar-refractivity contribution is 5.85. The third-order valence-electron chi connectivity index (χ3n) is 2.61. The van der Waals surface area contributed by atoms with E-state index in [0.29, 0.717) is 18.8 Å². The van der Waals surface area contributed by atoms with Crippen LogP contribution in [0.2, 0.25) is 0 Å². The zero-order valence-corrected chi connectivity index (χ0v) is 9.98. The molecule has 4 nitrogen and oxygen atoms in total. The predicted molar refractivity (Wildman–Crippen MR) is 63.7 cm³/mol. The molecule has 0 aliphatic rings. The van der Waals surface area contributed by atoms with Crippen molar-refractivity contribution in [2.24, 2.45) is 16.3 Å². The number of halogens is 1. The van der Waals surface area contributed by atoms with Gasteiger partial charge in [0.05, 0.1) is 6.61 Å². The number of hydrogen-bond acceptors (Lipinski definition) is 3. The molecule has 0 unspecified atom stereocenters. The van der Waals surface area contributed by atoms with Gasteiger partial charge in [-0.15, -0.1) is 0 Å². The summed E-state index contributed by atoms with van der Waals surface area (Å²) in [6.45, 7) is 4.13. The Bertz CT molecular complexity index is 388. The molecule has 0 saturated heterocycles. The van der Waals surface area contributed by atoms with E-state index >= 15 is 0 Å². The molecule has 1 aromatic carbocycles. The van der Waals surface area contributed by atoms with Gasteiger partial charge in [0.1, 0.15) is 17.4 Å². The molecule has 17 heavy (non-hydrogen) atoms. The number of oxime groups is 1. The fourth-order valence-corrected chi connectivity index (χ4v) is 1.22. The van der Waals surface area contributed by atoms with Gasteiger partial charge in [-0.1, -0.05) is 19.0 Å². The van der Waals surface area contributed by atoms with E-state index in [1.165, 1.54) is 12.1 Å². The van der Waals surface area contributed by atoms with Crippen LogP contribution in [0.3, 0.4) is 0 Å². The Kier molecular flexibility index (Phi) is 4.31. The number of nitrogens with two attached hydrogens (primary N) is 1. The highest BCUT2D eigenvalue weighted by Gasteiger charge is 2.23. The van der Waals surface area contributed by atoms with Crippen molar-refractivity contribution in [2.75, 3.05) is 6.61 Å². The smallest absolute Gasteiger partial charge is 0.144 e. The van der Waals surface area contributed by atoms with Crippen LogP contribution in [0.15, 0.2) is 29.4 Å². The first-order valence-electron chi connectivity index (χ1n) is 5.32. The molecule has 0 radical (unpaired) electrons. The highest BCUT2D eigenvalue weighted by Crippen LogP contribution is 2.21.